The van der Waals surface area contributed by atoms with E-state index in [0.717, 1.165) is 35.4 Å². The maximum Gasteiger partial charge on any atom is 0.344 e. The van der Waals surface area contributed by atoms with Crippen LogP contribution in [-0.4, -0.2) is 75.3 Å². The van der Waals surface area contributed by atoms with Crippen LogP contribution in [0.5, 0.6) is 17.2 Å². The zero-order valence-electron chi connectivity index (χ0n) is 27.8. The van der Waals surface area contributed by atoms with Gasteiger partial charge in [0.05, 0.1) is 32.1 Å². The standard InChI is InChI=1S/C36H45N3O6S/c1-36(2,3)45-35(41)32-29(16-15-26-28-19-24(28)22-44-33(26)32)37-46-31-12-9-8-11-27(31)34(40)39(18-10-17-38(4)5)21-23-13-14-25(42-6)20-30(23)43-7/h8-9,11-16,20,24,28,37H,10,17-19,21-22H2,1-7H3. The Balaban J connectivity index is 1.42. The van der Waals surface area contributed by atoms with Gasteiger partial charge in [0, 0.05) is 35.5 Å². The fourth-order valence-electron chi connectivity index (χ4n) is 5.70. The van der Waals surface area contributed by atoms with Crippen LogP contribution in [-0.2, 0) is 11.3 Å². The first-order valence-corrected chi connectivity index (χ1v) is 16.5. The zero-order valence-corrected chi connectivity index (χ0v) is 28.7. The molecule has 1 aliphatic carbocycles. The predicted molar refractivity (Wildman–Crippen MR) is 181 cm³/mol. The largest absolute Gasteiger partial charge is 0.497 e. The highest BCUT2D eigenvalue weighted by atomic mass is 32.2. The molecule has 1 N–H and O–H groups in total. The van der Waals surface area contributed by atoms with Gasteiger partial charge in [-0.15, -0.1) is 0 Å². The quantitative estimate of drug-likeness (QED) is 0.158. The summed E-state index contributed by atoms with van der Waals surface area (Å²) in [5.41, 5.74) is 2.83. The first-order chi connectivity index (χ1) is 22.0. The van der Waals surface area contributed by atoms with Crippen LogP contribution in [0.1, 0.15) is 71.4 Å². The Morgan fingerprint density at radius 3 is 2.52 bits per heavy atom. The maximum atomic E-state index is 14.3. The van der Waals surface area contributed by atoms with Crippen molar-refractivity contribution in [3.63, 3.8) is 0 Å². The number of nitrogens with zero attached hydrogens (tertiary/aromatic N) is 2. The van der Waals surface area contributed by atoms with Gasteiger partial charge in [0.1, 0.15) is 28.4 Å². The molecule has 3 aromatic rings. The predicted octanol–water partition coefficient (Wildman–Crippen LogP) is 6.87. The summed E-state index contributed by atoms with van der Waals surface area (Å²) in [5.74, 6) is 2.36. The van der Waals surface area contributed by atoms with Crippen LogP contribution in [0.2, 0.25) is 0 Å². The second-order valence-electron chi connectivity index (χ2n) is 13.1. The lowest BCUT2D eigenvalue weighted by atomic mass is 10.00. The third-order valence-corrected chi connectivity index (χ3v) is 9.02. The van der Waals surface area contributed by atoms with Gasteiger partial charge < -0.3 is 33.5 Å². The topological polar surface area (TPSA) is 89.6 Å². The lowest BCUT2D eigenvalue weighted by Gasteiger charge is -2.26. The third kappa shape index (κ3) is 7.90. The molecule has 2 unspecified atom stereocenters. The summed E-state index contributed by atoms with van der Waals surface area (Å²) in [6, 6.07) is 17.1. The van der Waals surface area contributed by atoms with Crippen molar-refractivity contribution in [2.24, 2.45) is 5.92 Å². The van der Waals surface area contributed by atoms with Gasteiger partial charge in [-0.3, -0.25) is 4.79 Å². The van der Waals surface area contributed by atoms with Crippen LogP contribution < -0.4 is 18.9 Å². The van der Waals surface area contributed by atoms with E-state index >= 15 is 0 Å². The van der Waals surface area contributed by atoms with Crippen molar-refractivity contribution in [1.29, 1.82) is 0 Å². The number of esters is 1. The van der Waals surface area contributed by atoms with E-state index < -0.39 is 11.6 Å². The number of amides is 1. The molecule has 2 atom stereocenters. The van der Waals surface area contributed by atoms with E-state index in [1.807, 2.05) is 94.4 Å². The third-order valence-electron chi connectivity index (χ3n) is 8.12. The molecule has 2 aliphatic rings. The molecule has 1 amide bonds. The molecule has 5 rings (SSSR count). The van der Waals surface area contributed by atoms with Crippen molar-refractivity contribution >= 4 is 29.5 Å². The van der Waals surface area contributed by atoms with Gasteiger partial charge in [-0.1, -0.05) is 18.2 Å². The molecule has 3 aromatic carbocycles. The Kier molecular flexibility index (Phi) is 10.4. The number of hydrogen-bond donors (Lipinski definition) is 1. The van der Waals surface area contributed by atoms with Crippen molar-refractivity contribution in [3.8, 4) is 17.2 Å². The van der Waals surface area contributed by atoms with E-state index in [2.05, 4.69) is 9.62 Å². The number of nitrogens with one attached hydrogen (secondary N) is 1. The molecule has 1 saturated carbocycles. The second-order valence-corrected chi connectivity index (χ2v) is 13.9. The van der Waals surface area contributed by atoms with Crippen molar-refractivity contribution in [3.05, 3.63) is 76.9 Å². The first-order valence-electron chi connectivity index (χ1n) is 15.7. The molecular formula is C36H45N3O6S. The van der Waals surface area contributed by atoms with Gasteiger partial charge in [-0.2, -0.15) is 0 Å². The number of anilines is 1. The fourth-order valence-corrected chi connectivity index (χ4v) is 6.50. The molecule has 46 heavy (non-hydrogen) atoms. The van der Waals surface area contributed by atoms with Crippen LogP contribution in [0, 0.1) is 5.92 Å². The number of hydrogen-bond acceptors (Lipinski definition) is 9. The Morgan fingerprint density at radius 2 is 1.80 bits per heavy atom. The second kappa shape index (κ2) is 14.3. The molecule has 0 saturated heterocycles. The molecule has 246 valence electrons. The van der Waals surface area contributed by atoms with Crippen LogP contribution in [0.25, 0.3) is 0 Å². The monoisotopic (exact) mass is 647 g/mol. The number of benzene rings is 3. The summed E-state index contributed by atoms with van der Waals surface area (Å²) in [5, 5.41) is 0. The first kappa shape index (κ1) is 33.5. The molecule has 1 aliphatic heterocycles. The highest BCUT2D eigenvalue weighted by molar-refractivity contribution is 8.00. The van der Waals surface area contributed by atoms with Crippen LogP contribution in [0.4, 0.5) is 5.69 Å². The molecule has 0 radical (unpaired) electrons. The number of methoxy groups -OCH3 is 2. The number of carbonyl (C=O) groups excluding carboxylic acids is 2. The summed E-state index contributed by atoms with van der Waals surface area (Å²) < 4.78 is 26.4. The summed E-state index contributed by atoms with van der Waals surface area (Å²) in [6.45, 7) is 7.94. The molecule has 10 heteroatoms. The molecule has 1 heterocycles. The van der Waals surface area contributed by atoms with Crippen LogP contribution in [0.3, 0.4) is 0 Å². The Morgan fingerprint density at radius 1 is 1.02 bits per heavy atom. The van der Waals surface area contributed by atoms with Crippen LogP contribution >= 0.6 is 11.9 Å². The minimum atomic E-state index is -0.664. The maximum absolute atomic E-state index is 14.3. The van der Waals surface area contributed by atoms with E-state index in [0.29, 0.717) is 65.6 Å². The van der Waals surface area contributed by atoms with E-state index in [9.17, 15) is 9.59 Å². The average Bonchev–Trinajstić information content (AvgIpc) is 3.82. The molecule has 9 nitrogen and oxygen atoms in total. The van der Waals surface area contributed by atoms with E-state index in [4.69, 9.17) is 18.9 Å². The molecule has 1 fully saturated rings. The Bertz CT molecular complexity index is 1570. The Labute approximate surface area is 276 Å². The minimum absolute atomic E-state index is 0.0950. The highest BCUT2D eigenvalue weighted by Crippen LogP contribution is 2.55. The summed E-state index contributed by atoms with van der Waals surface area (Å²) in [7, 11) is 7.28. The summed E-state index contributed by atoms with van der Waals surface area (Å²) >= 11 is 1.29. The fraction of sp³-hybridized carbons (Fsp3) is 0.444. The van der Waals surface area contributed by atoms with E-state index in [1.54, 1.807) is 14.2 Å². The number of fused-ring (bicyclic) bond motifs is 3. The highest BCUT2D eigenvalue weighted by Gasteiger charge is 2.45. The number of rotatable bonds is 13. The van der Waals surface area contributed by atoms with Gasteiger partial charge in [-0.05, 0) is 108 Å². The van der Waals surface area contributed by atoms with Gasteiger partial charge in [0.25, 0.3) is 5.91 Å². The molecular weight excluding hydrogens is 602 g/mol. The smallest absolute Gasteiger partial charge is 0.344 e. The zero-order chi connectivity index (χ0) is 33.0. The molecule has 0 aromatic heterocycles. The summed E-state index contributed by atoms with van der Waals surface area (Å²) in [6.07, 6.45) is 1.88. The van der Waals surface area contributed by atoms with Gasteiger partial charge in [0.2, 0.25) is 0 Å². The minimum Gasteiger partial charge on any atom is -0.497 e. The Hall–Kier alpha value is -3.89. The van der Waals surface area contributed by atoms with Gasteiger partial charge in [0.15, 0.2) is 0 Å². The van der Waals surface area contributed by atoms with Crippen molar-refractivity contribution in [1.82, 2.24) is 9.80 Å². The van der Waals surface area contributed by atoms with Crippen molar-refractivity contribution in [2.45, 2.75) is 56.6 Å². The number of ether oxygens (including phenoxy) is 4. The number of carbonyl (C=O) groups is 2. The normalized spacial score (nSPS) is 16.5. The van der Waals surface area contributed by atoms with Gasteiger partial charge in [-0.25, -0.2) is 4.79 Å². The van der Waals surface area contributed by atoms with Gasteiger partial charge >= 0.3 is 5.97 Å². The SMILES string of the molecule is COc1ccc(CN(CCCN(C)C)C(=O)c2ccccc2SNc2ccc3c(c2C(=O)OC(C)(C)C)OCC2CC32)c(OC)c1. The van der Waals surface area contributed by atoms with E-state index in [-0.39, 0.29) is 5.91 Å². The molecule has 0 bridgehead atoms. The van der Waals surface area contributed by atoms with Crippen molar-refractivity contribution < 1.29 is 28.5 Å². The lowest BCUT2D eigenvalue weighted by molar-refractivity contribution is 0.00661. The van der Waals surface area contributed by atoms with E-state index in [1.165, 1.54) is 11.9 Å². The molecule has 0 spiro atoms. The van der Waals surface area contributed by atoms with Crippen molar-refractivity contribution in [2.75, 3.05) is 52.7 Å². The summed E-state index contributed by atoms with van der Waals surface area (Å²) in [4.78, 5) is 32.5. The average molecular weight is 648 g/mol. The lowest BCUT2D eigenvalue weighted by Crippen LogP contribution is -2.33. The van der Waals surface area contributed by atoms with Crippen LogP contribution in [0.15, 0.2) is 59.5 Å².